The molecule has 0 fully saturated rings. The highest BCUT2D eigenvalue weighted by atomic mass is 32.2. The lowest BCUT2D eigenvalue weighted by atomic mass is 9.86. The highest BCUT2D eigenvalue weighted by Gasteiger charge is 2.32. The molecule has 0 aromatic heterocycles. The van der Waals surface area contributed by atoms with E-state index in [0.29, 0.717) is 23.6 Å². The Bertz CT molecular complexity index is 1000. The van der Waals surface area contributed by atoms with Gasteiger partial charge in [-0.2, -0.15) is 0 Å². The second kappa shape index (κ2) is 8.03. The number of carbonyl (C=O) groups excluding carboxylic acids is 1. The van der Waals surface area contributed by atoms with Crippen LogP contribution in [0.3, 0.4) is 0 Å². The van der Waals surface area contributed by atoms with Crippen molar-refractivity contribution in [3.05, 3.63) is 71.1 Å². The van der Waals surface area contributed by atoms with Crippen LogP contribution in [-0.2, 0) is 15.3 Å². The fraction of sp³-hybridized carbons (Fsp3) is 0.348. The molecule has 1 aliphatic heterocycles. The summed E-state index contributed by atoms with van der Waals surface area (Å²) in [5, 5.41) is 1.19. The molecule has 1 amide bonds. The second-order valence-corrected chi connectivity index (χ2v) is 10.1. The van der Waals surface area contributed by atoms with Gasteiger partial charge in [-0.15, -0.1) is 0 Å². The van der Waals surface area contributed by atoms with Crippen LogP contribution in [-0.4, -0.2) is 32.7 Å². The Kier molecular flexibility index (Phi) is 5.85. The molecule has 1 heterocycles. The van der Waals surface area contributed by atoms with Gasteiger partial charge in [0.05, 0.1) is 18.4 Å². The Balaban J connectivity index is 1.96. The summed E-state index contributed by atoms with van der Waals surface area (Å²) in [5.41, 5.74) is 2.26. The molecule has 0 N–H and O–H groups in total. The van der Waals surface area contributed by atoms with Crippen molar-refractivity contribution in [1.29, 1.82) is 0 Å². The van der Waals surface area contributed by atoms with Gasteiger partial charge in [-0.25, -0.2) is 8.42 Å². The molecule has 0 aliphatic carbocycles. The first-order valence-electron chi connectivity index (χ1n) is 9.68. The summed E-state index contributed by atoms with van der Waals surface area (Å²) in [5.74, 6) is 0.348. The zero-order chi connectivity index (χ0) is 21.2. The minimum Gasteiger partial charge on any atom is -0.494 e. The summed E-state index contributed by atoms with van der Waals surface area (Å²) in [6.07, 6.45) is 1.58. The third-order valence-electron chi connectivity index (χ3n) is 4.89. The van der Waals surface area contributed by atoms with Crippen LogP contribution in [0, 0.1) is 0 Å². The molecule has 0 saturated heterocycles. The van der Waals surface area contributed by atoms with Crippen molar-refractivity contribution in [3.8, 4) is 5.75 Å². The average molecular weight is 414 g/mol. The molecule has 6 heteroatoms. The van der Waals surface area contributed by atoms with E-state index in [1.54, 1.807) is 47.4 Å². The lowest BCUT2D eigenvalue weighted by molar-refractivity contribution is 0.0983. The topological polar surface area (TPSA) is 63.7 Å². The molecule has 29 heavy (non-hydrogen) atoms. The van der Waals surface area contributed by atoms with Crippen molar-refractivity contribution in [2.24, 2.45) is 0 Å². The maximum atomic E-state index is 13.4. The Morgan fingerprint density at radius 3 is 2.17 bits per heavy atom. The largest absolute Gasteiger partial charge is 0.494 e. The lowest BCUT2D eigenvalue weighted by Crippen LogP contribution is -2.41. The minimum absolute atomic E-state index is 0.0152. The van der Waals surface area contributed by atoms with Gasteiger partial charge < -0.3 is 9.64 Å². The summed E-state index contributed by atoms with van der Waals surface area (Å²) in [4.78, 5) is 14.9. The predicted octanol–water partition coefficient (Wildman–Crippen LogP) is 4.34. The summed E-state index contributed by atoms with van der Waals surface area (Å²) in [6.45, 7) is 8.80. The van der Waals surface area contributed by atoms with E-state index in [0.717, 1.165) is 5.56 Å². The van der Waals surface area contributed by atoms with Crippen molar-refractivity contribution < 1.29 is 17.9 Å². The fourth-order valence-electron chi connectivity index (χ4n) is 3.30. The van der Waals surface area contributed by atoms with Gasteiger partial charge in [0, 0.05) is 16.7 Å². The molecule has 0 radical (unpaired) electrons. The maximum Gasteiger partial charge on any atom is 0.258 e. The van der Waals surface area contributed by atoms with Crippen LogP contribution in [0.4, 0.5) is 5.69 Å². The molecular formula is C23H27NO4S. The zero-order valence-electron chi connectivity index (χ0n) is 17.3. The third kappa shape index (κ3) is 4.88. The summed E-state index contributed by atoms with van der Waals surface area (Å²) in [7, 11) is -3.31. The van der Waals surface area contributed by atoms with Crippen LogP contribution < -0.4 is 9.64 Å². The first-order chi connectivity index (χ1) is 13.6. The van der Waals surface area contributed by atoms with E-state index in [9.17, 15) is 13.2 Å². The normalized spacial score (nSPS) is 17.9. The monoisotopic (exact) mass is 413 g/mol. The number of amides is 1. The van der Waals surface area contributed by atoms with E-state index in [-0.39, 0.29) is 17.1 Å². The van der Waals surface area contributed by atoms with E-state index in [1.165, 1.54) is 5.41 Å². The summed E-state index contributed by atoms with van der Waals surface area (Å²) < 4.78 is 29.4. The van der Waals surface area contributed by atoms with Crippen molar-refractivity contribution in [3.63, 3.8) is 0 Å². The molecule has 2 aromatic rings. The van der Waals surface area contributed by atoms with Crippen LogP contribution in [0.5, 0.6) is 5.75 Å². The van der Waals surface area contributed by atoms with Crippen LogP contribution in [0.1, 0.15) is 43.6 Å². The Labute approximate surface area is 172 Å². The number of sulfone groups is 1. The quantitative estimate of drug-likeness (QED) is 0.731. The predicted molar refractivity (Wildman–Crippen MR) is 116 cm³/mol. The third-order valence-corrected chi connectivity index (χ3v) is 6.26. The first-order valence-corrected chi connectivity index (χ1v) is 11.4. The molecule has 0 unspecified atom stereocenters. The van der Waals surface area contributed by atoms with Crippen LogP contribution in [0.25, 0.3) is 0 Å². The van der Waals surface area contributed by atoms with Crippen molar-refractivity contribution in [2.45, 2.75) is 39.2 Å². The number of nitrogens with zero attached hydrogens (tertiary/aromatic N) is 1. The van der Waals surface area contributed by atoms with Crippen LogP contribution >= 0.6 is 0 Å². The molecule has 0 saturated carbocycles. The fourth-order valence-corrected chi connectivity index (χ4v) is 4.57. The van der Waals surface area contributed by atoms with E-state index in [4.69, 9.17) is 4.74 Å². The standard InChI is InChI=1S/C23H27NO4S/c1-5-28-21-12-10-19(11-13-21)24(20-14-15-29(26,27)16-20)22(25)17-6-8-18(9-7-17)23(2,3)4/h6-15,20H,5,16H2,1-4H3/t20-/m0/s1. The maximum absolute atomic E-state index is 13.4. The van der Waals surface area contributed by atoms with Gasteiger partial charge in [-0.05, 0) is 60.4 Å². The molecule has 3 rings (SSSR count). The molecule has 2 aromatic carbocycles. The minimum atomic E-state index is -3.31. The van der Waals surface area contributed by atoms with Gasteiger partial charge >= 0.3 is 0 Å². The zero-order valence-corrected chi connectivity index (χ0v) is 18.1. The highest BCUT2D eigenvalue weighted by Crippen LogP contribution is 2.28. The Hall–Kier alpha value is -2.60. The molecular weight excluding hydrogens is 386 g/mol. The summed E-state index contributed by atoms with van der Waals surface area (Å²) in [6, 6.07) is 14.1. The van der Waals surface area contributed by atoms with E-state index in [2.05, 4.69) is 20.8 Å². The van der Waals surface area contributed by atoms with E-state index < -0.39 is 15.9 Å². The molecule has 1 aliphatic rings. The van der Waals surface area contributed by atoms with E-state index >= 15 is 0 Å². The number of carbonyl (C=O) groups is 1. The van der Waals surface area contributed by atoms with Gasteiger partial charge in [0.15, 0.2) is 9.84 Å². The van der Waals surface area contributed by atoms with Gasteiger partial charge in [0.25, 0.3) is 5.91 Å². The number of hydrogen-bond acceptors (Lipinski definition) is 4. The molecule has 5 nitrogen and oxygen atoms in total. The Morgan fingerprint density at radius 1 is 1.07 bits per heavy atom. The van der Waals surface area contributed by atoms with Gasteiger partial charge in [-0.3, -0.25) is 4.79 Å². The van der Waals surface area contributed by atoms with Crippen LogP contribution in [0.15, 0.2) is 60.0 Å². The van der Waals surface area contributed by atoms with Gasteiger partial charge in [-0.1, -0.05) is 32.9 Å². The van der Waals surface area contributed by atoms with Crippen molar-refractivity contribution in [2.75, 3.05) is 17.3 Å². The average Bonchev–Trinajstić information content (AvgIpc) is 3.02. The number of hydrogen-bond donors (Lipinski definition) is 0. The van der Waals surface area contributed by atoms with Crippen molar-refractivity contribution >= 4 is 21.4 Å². The molecule has 0 spiro atoms. The smallest absolute Gasteiger partial charge is 0.258 e. The van der Waals surface area contributed by atoms with Gasteiger partial charge in [0.2, 0.25) is 0 Å². The highest BCUT2D eigenvalue weighted by molar-refractivity contribution is 7.94. The Morgan fingerprint density at radius 2 is 1.69 bits per heavy atom. The van der Waals surface area contributed by atoms with Gasteiger partial charge in [0.1, 0.15) is 5.75 Å². The second-order valence-electron chi connectivity index (χ2n) is 8.15. The van der Waals surface area contributed by atoms with Crippen LogP contribution in [0.2, 0.25) is 0 Å². The van der Waals surface area contributed by atoms with E-state index in [1.807, 2.05) is 19.1 Å². The lowest BCUT2D eigenvalue weighted by Gasteiger charge is -2.28. The van der Waals surface area contributed by atoms with Crippen molar-refractivity contribution in [1.82, 2.24) is 0 Å². The number of anilines is 1. The number of benzene rings is 2. The molecule has 0 bridgehead atoms. The number of rotatable bonds is 5. The summed E-state index contributed by atoms with van der Waals surface area (Å²) >= 11 is 0. The first kappa shape index (κ1) is 21.1. The molecule has 1 atom stereocenters. The number of ether oxygens (including phenoxy) is 1. The SMILES string of the molecule is CCOc1ccc(N(C(=O)c2ccc(C(C)(C)C)cc2)[C@H]2C=CS(=O)(=O)C2)cc1. The molecule has 154 valence electrons.